The molecule has 78 valence electrons. The summed E-state index contributed by atoms with van der Waals surface area (Å²) in [7, 11) is 0. The van der Waals surface area contributed by atoms with Crippen molar-refractivity contribution in [2.45, 2.75) is 12.2 Å². The summed E-state index contributed by atoms with van der Waals surface area (Å²) in [6.07, 6.45) is -0.663. The smallest absolute Gasteiger partial charge is 0.271 e. The van der Waals surface area contributed by atoms with Crippen molar-refractivity contribution in [1.29, 1.82) is 0 Å². The fraction of sp³-hybridized carbons (Fsp3) is 0.375. The second-order valence-electron chi connectivity index (χ2n) is 2.88. The molecule has 14 heavy (non-hydrogen) atoms. The van der Waals surface area contributed by atoms with E-state index in [-0.39, 0.29) is 11.0 Å². The number of aliphatic hydroxyl groups is 2. The Morgan fingerprint density at radius 2 is 2.21 bits per heavy atom. The number of aliphatic hydroxyl groups excluding tert-OH is 2. The Morgan fingerprint density at radius 3 is 2.71 bits per heavy atom. The number of halogens is 1. The van der Waals surface area contributed by atoms with Crippen LogP contribution in [0.4, 0.5) is 5.69 Å². The highest BCUT2D eigenvalue weighted by atomic mass is 79.9. The van der Waals surface area contributed by atoms with Gasteiger partial charge in [-0.25, -0.2) is 0 Å². The molecule has 0 fully saturated rings. The van der Waals surface area contributed by atoms with Crippen LogP contribution in [0.25, 0.3) is 0 Å². The predicted octanol–water partition coefficient (Wildman–Crippen LogP) is -0.254. The molecule has 0 radical (unpaired) electrons. The van der Waals surface area contributed by atoms with Crippen molar-refractivity contribution < 1.29 is 10.2 Å². The number of rotatable bonds is 3. The maximum atomic E-state index is 10.9. The van der Waals surface area contributed by atoms with Gasteiger partial charge in [0, 0.05) is 17.1 Å². The monoisotopic (exact) mass is 262 g/mol. The van der Waals surface area contributed by atoms with E-state index in [0.717, 1.165) is 0 Å². The molecule has 6 heteroatoms. The highest BCUT2D eigenvalue weighted by Crippen LogP contribution is 2.17. The zero-order valence-electron chi connectivity index (χ0n) is 7.27. The fourth-order valence-electron chi connectivity index (χ4n) is 0.996. The van der Waals surface area contributed by atoms with Crippen molar-refractivity contribution in [3.8, 4) is 0 Å². The van der Waals surface area contributed by atoms with Crippen LogP contribution in [0.1, 0.15) is 11.7 Å². The van der Waals surface area contributed by atoms with Gasteiger partial charge in [0.2, 0.25) is 0 Å². The number of aromatic amines is 1. The summed E-state index contributed by atoms with van der Waals surface area (Å²) in [6.45, 7) is 0. The molecule has 1 aromatic heterocycles. The molecule has 0 aliphatic rings. The van der Waals surface area contributed by atoms with E-state index in [1.54, 1.807) is 0 Å². The molecule has 2 unspecified atom stereocenters. The second kappa shape index (κ2) is 4.59. The average molecular weight is 263 g/mol. The third-order valence-corrected chi connectivity index (χ3v) is 2.48. The molecular weight excluding hydrogens is 252 g/mol. The zero-order valence-corrected chi connectivity index (χ0v) is 8.86. The highest BCUT2D eigenvalue weighted by Gasteiger charge is 2.17. The number of hydrogen-bond donors (Lipinski definition) is 4. The molecule has 0 saturated heterocycles. The summed E-state index contributed by atoms with van der Waals surface area (Å²) in [5, 5.41) is 19.1. The Kier molecular flexibility index (Phi) is 3.68. The third kappa shape index (κ3) is 2.34. The number of anilines is 1. The van der Waals surface area contributed by atoms with Crippen molar-refractivity contribution in [2.24, 2.45) is 0 Å². The van der Waals surface area contributed by atoms with Gasteiger partial charge in [-0.3, -0.25) is 4.79 Å². The first-order valence-corrected chi connectivity index (χ1v) is 5.08. The molecule has 0 aromatic carbocycles. The molecule has 0 bridgehead atoms. The minimum Gasteiger partial charge on any atom is -0.394 e. The Bertz CT molecular complexity index is 366. The third-order valence-electron chi connectivity index (χ3n) is 1.82. The lowest BCUT2D eigenvalue weighted by Gasteiger charge is -2.15. The van der Waals surface area contributed by atoms with Gasteiger partial charge in [-0.1, -0.05) is 15.9 Å². The maximum Gasteiger partial charge on any atom is 0.271 e. The number of nitrogens with two attached hydrogens (primary N) is 1. The van der Waals surface area contributed by atoms with E-state index in [0.29, 0.717) is 5.56 Å². The van der Waals surface area contributed by atoms with E-state index in [2.05, 4.69) is 20.9 Å². The summed E-state index contributed by atoms with van der Waals surface area (Å²) in [5.41, 5.74) is 5.34. The van der Waals surface area contributed by atoms with Gasteiger partial charge in [-0.15, -0.1) is 0 Å². The molecule has 5 N–H and O–H groups in total. The van der Waals surface area contributed by atoms with Crippen molar-refractivity contribution in [1.82, 2.24) is 4.98 Å². The normalized spacial score (nSPS) is 15.1. The van der Waals surface area contributed by atoms with E-state index in [4.69, 9.17) is 5.73 Å². The van der Waals surface area contributed by atoms with Crippen LogP contribution in [-0.2, 0) is 0 Å². The number of aromatic nitrogens is 1. The van der Waals surface area contributed by atoms with Crippen LogP contribution >= 0.6 is 15.9 Å². The van der Waals surface area contributed by atoms with Crippen molar-refractivity contribution in [2.75, 3.05) is 11.1 Å². The molecular formula is C8H11BrN2O3. The van der Waals surface area contributed by atoms with E-state index >= 15 is 0 Å². The quantitative estimate of drug-likeness (QED) is 0.565. The van der Waals surface area contributed by atoms with Gasteiger partial charge in [-0.2, -0.15) is 0 Å². The fourth-order valence-corrected chi connectivity index (χ4v) is 1.35. The van der Waals surface area contributed by atoms with Gasteiger partial charge in [0.05, 0.1) is 11.8 Å². The lowest BCUT2D eigenvalue weighted by atomic mass is 10.1. The van der Waals surface area contributed by atoms with Crippen LogP contribution < -0.4 is 11.3 Å². The van der Waals surface area contributed by atoms with Gasteiger partial charge in [-0.05, 0) is 6.07 Å². The number of hydrogen-bond acceptors (Lipinski definition) is 4. The maximum absolute atomic E-state index is 10.9. The van der Waals surface area contributed by atoms with Gasteiger partial charge in [0.1, 0.15) is 6.10 Å². The minimum absolute atomic E-state index is 0.0170. The molecule has 0 saturated carbocycles. The Hall–Kier alpha value is -0.850. The van der Waals surface area contributed by atoms with Crippen LogP contribution in [0.3, 0.4) is 0 Å². The number of alkyl halides is 1. The summed E-state index contributed by atoms with van der Waals surface area (Å²) in [5.74, 6) is 0. The van der Waals surface area contributed by atoms with Gasteiger partial charge < -0.3 is 20.9 Å². The Labute approximate surface area is 88.7 Å². The summed E-state index contributed by atoms with van der Waals surface area (Å²) < 4.78 is 0. The first-order valence-electron chi connectivity index (χ1n) is 3.96. The zero-order chi connectivity index (χ0) is 10.7. The number of nitrogen functional groups attached to an aromatic ring is 1. The number of nitrogens with one attached hydrogen (secondary N) is 1. The van der Waals surface area contributed by atoms with Crippen molar-refractivity contribution in [3.05, 3.63) is 28.2 Å². The van der Waals surface area contributed by atoms with E-state index in [9.17, 15) is 15.0 Å². The number of H-pyrrole nitrogens is 1. The molecule has 2 atom stereocenters. The topological polar surface area (TPSA) is 99.3 Å². The van der Waals surface area contributed by atoms with Crippen LogP contribution in [-0.4, -0.2) is 26.6 Å². The van der Waals surface area contributed by atoms with E-state index < -0.39 is 17.8 Å². The van der Waals surface area contributed by atoms with Crippen molar-refractivity contribution >= 4 is 21.6 Å². The standard InChI is InChI=1S/C8H11BrN2O3/c9-2-6(12)7(13)4-1-5(10)8(14)11-3-4/h1,3,6-7,12-13H,2,10H2,(H,11,14). The molecule has 1 heterocycles. The Balaban J connectivity index is 2.96. The average Bonchev–Trinajstić information content (AvgIpc) is 2.20. The molecule has 0 aliphatic heterocycles. The van der Waals surface area contributed by atoms with Gasteiger partial charge in [0.15, 0.2) is 0 Å². The second-order valence-corrected chi connectivity index (χ2v) is 3.53. The summed E-state index contributed by atoms with van der Waals surface area (Å²) in [6, 6.07) is 1.34. The van der Waals surface area contributed by atoms with Gasteiger partial charge >= 0.3 is 0 Å². The van der Waals surface area contributed by atoms with E-state index in [1.807, 2.05) is 0 Å². The van der Waals surface area contributed by atoms with Crippen molar-refractivity contribution in [3.63, 3.8) is 0 Å². The first kappa shape index (κ1) is 11.2. The van der Waals surface area contributed by atoms with Crippen LogP contribution in [0.5, 0.6) is 0 Å². The van der Waals surface area contributed by atoms with E-state index in [1.165, 1.54) is 12.3 Å². The molecule has 1 aromatic rings. The molecule has 0 aliphatic carbocycles. The minimum atomic E-state index is -1.06. The lowest BCUT2D eigenvalue weighted by molar-refractivity contribution is 0.0341. The van der Waals surface area contributed by atoms with Gasteiger partial charge in [0.25, 0.3) is 5.56 Å². The lowest BCUT2D eigenvalue weighted by Crippen LogP contribution is -2.21. The summed E-state index contributed by atoms with van der Waals surface area (Å²) in [4.78, 5) is 13.3. The number of pyridine rings is 1. The molecule has 5 nitrogen and oxygen atoms in total. The SMILES string of the molecule is Nc1cc(C(O)C(O)CBr)c[nH]c1=O. The molecule has 0 amide bonds. The van der Waals surface area contributed by atoms with Crippen LogP contribution in [0.15, 0.2) is 17.1 Å². The first-order chi connectivity index (χ1) is 6.56. The van der Waals surface area contributed by atoms with Crippen LogP contribution in [0.2, 0.25) is 0 Å². The Morgan fingerprint density at radius 1 is 1.57 bits per heavy atom. The predicted molar refractivity (Wildman–Crippen MR) is 56.2 cm³/mol. The molecule has 0 spiro atoms. The molecule has 1 rings (SSSR count). The summed E-state index contributed by atoms with van der Waals surface area (Å²) >= 11 is 3.03. The largest absolute Gasteiger partial charge is 0.394 e. The highest BCUT2D eigenvalue weighted by molar-refractivity contribution is 9.09. The van der Waals surface area contributed by atoms with Crippen LogP contribution in [0, 0.1) is 0 Å².